The molecule has 2 aromatic rings. The molecule has 0 saturated heterocycles. The summed E-state index contributed by atoms with van der Waals surface area (Å²) in [6.07, 6.45) is 1.54. The van der Waals surface area contributed by atoms with Crippen LogP contribution < -0.4 is 9.47 Å². The summed E-state index contributed by atoms with van der Waals surface area (Å²) < 4.78 is 11.1. The number of hydrogen-bond acceptors (Lipinski definition) is 3. The van der Waals surface area contributed by atoms with Crippen molar-refractivity contribution >= 4 is 5.76 Å². The molecule has 3 rings (SSSR count). The predicted octanol–water partition coefficient (Wildman–Crippen LogP) is 3.16. The van der Waals surface area contributed by atoms with Crippen LogP contribution in [-0.2, 0) is 0 Å². The van der Waals surface area contributed by atoms with E-state index in [-0.39, 0.29) is 5.75 Å². The third-order valence-corrected chi connectivity index (χ3v) is 2.50. The SMILES string of the molecule is Oc1ccc2c(c1)OC=C(c1ccccc1)O2. The smallest absolute Gasteiger partial charge is 0.172 e. The molecule has 0 bridgehead atoms. The van der Waals surface area contributed by atoms with E-state index in [1.165, 1.54) is 12.3 Å². The lowest BCUT2D eigenvalue weighted by atomic mass is 10.2. The minimum absolute atomic E-state index is 0.156. The summed E-state index contributed by atoms with van der Waals surface area (Å²) >= 11 is 0. The second-order valence-electron chi connectivity index (χ2n) is 3.70. The van der Waals surface area contributed by atoms with Crippen molar-refractivity contribution < 1.29 is 14.6 Å². The molecule has 0 aliphatic carbocycles. The highest BCUT2D eigenvalue weighted by atomic mass is 16.6. The maximum atomic E-state index is 9.31. The average molecular weight is 226 g/mol. The number of ether oxygens (including phenoxy) is 2. The van der Waals surface area contributed by atoms with E-state index < -0.39 is 0 Å². The Bertz CT molecular complexity index is 573. The van der Waals surface area contributed by atoms with E-state index in [0.717, 1.165) is 5.56 Å². The Morgan fingerprint density at radius 3 is 2.53 bits per heavy atom. The first kappa shape index (κ1) is 9.78. The molecule has 1 N–H and O–H groups in total. The van der Waals surface area contributed by atoms with Gasteiger partial charge >= 0.3 is 0 Å². The number of fused-ring (bicyclic) bond motifs is 1. The van der Waals surface area contributed by atoms with Gasteiger partial charge in [-0.3, -0.25) is 0 Å². The van der Waals surface area contributed by atoms with Gasteiger partial charge in [0.1, 0.15) is 12.0 Å². The number of phenolic OH excluding ortho intramolecular Hbond substituents is 1. The van der Waals surface area contributed by atoms with Crippen LogP contribution in [0.25, 0.3) is 5.76 Å². The van der Waals surface area contributed by atoms with E-state index >= 15 is 0 Å². The molecule has 1 aliphatic rings. The molecule has 3 nitrogen and oxygen atoms in total. The second-order valence-corrected chi connectivity index (χ2v) is 3.70. The number of rotatable bonds is 1. The van der Waals surface area contributed by atoms with Crippen LogP contribution in [-0.4, -0.2) is 5.11 Å². The molecule has 84 valence electrons. The van der Waals surface area contributed by atoms with Gasteiger partial charge in [-0.2, -0.15) is 0 Å². The zero-order chi connectivity index (χ0) is 11.7. The van der Waals surface area contributed by atoms with Crippen molar-refractivity contribution in [2.75, 3.05) is 0 Å². The van der Waals surface area contributed by atoms with Crippen LogP contribution in [0.4, 0.5) is 0 Å². The summed E-state index contributed by atoms with van der Waals surface area (Å²) in [6.45, 7) is 0. The lowest BCUT2D eigenvalue weighted by Crippen LogP contribution is -2.03. The minimum Gasteiger partial charge on any atom is -0.508 e. The summed E-state index contributed by atoms with van der Waals surface area (Å²) in [5, 5.41) is 9.31. The molecule has 0 spiro atoms. The number of aromatic hydroxyl groups is 1. The highest BCUT2D eigenvalue weighted by Gasteiger charge is 2.15. The van der Waals surface area contributed by atoms with Crippen LogP contribution in [0.5, 0.6) is 17.2 Å². The molecular weight excluding hydrogens is 216 g/mol. The van der Waals surface area contributed by atoms with Gasteiger partial charge in [0, 0.05) is 11.6 Å². The summed E-state index contributed by atoms with van der Waals surface area (Å²) in [5.74, 6) is 1.93. The summed E-state index contributed by atoms with van der Waals surface area (Å²) in [6, 6.07) is 14.5. The first-order valence-electron chi connectivity index (χ1n) is 5.26. The fraction of sp³-hybridized carbons (Fsp3) is 0. The van der Waals surface area contributed by atoms with Gasteiger partial charge in [0.15, 0.2) is 17.3 Å². The molecule has 3 heteroatoms. The first-order valence-corrected chi connectivity index (χ1v) is 5.26. The van der Waals surface area contributed by atoms with Crippen LogP contribution >= 0.6 is 0 Å². The second kappa shape index (κ2) is 3.87. The highest BCUT2D eigenvalue weighted by Crippen LogP contribution is 2.37. The van der Waals surface area contributed by atoms with Crippen molar-refractivity contribution in [2.45, 2.75) is 0 Å². The van der Waals surface area contributed by atoms with E-state index in [4.69, 9.17) is 9.47 Å². The van der Waals surface area contributed by atoms with E-state index in [1.807, 2.05) is 30.3 Å². The van der Waals surface area contributed by atoms with Gasteiger partial charge in [0.05, 0.1) is 0 Å². The summed E-state index contributed by atoms with van der Waals surface area (Å²) in [5.41, 5.74) is 0.950. The van der Waals surface area contributed by atoms with Crippen LogP contribution in [0.2, 0.25) is 0 Å². The molecule has 0 aromatic heterocycles. The summed E-state index contributed by atoms with van der Waals surface area (Å²) in [4.78, 5) is 0. The fourth-order valence-corrected chi connectivity index (χ4v) is 1.66. The lowest BCUT2D eigenvalue weighted by Gasteiger charge is -2.18. The zero-order valence-electron chi connectivity index (χ0n) is 8.96. The van der Waals surface area contributed by atoms with Gasteiger partial charge < -0.3 is 14.6 Å². The Kier molecular flexibility index (Phi) is 2.22. The van der Waals surface area contributed by atoms with Crippen LogP contribution in [0.15, 0.2) is 54.8 Å². The molecule has 0 unspecified atom stereocenters. The third kappa shape index (κ3) is 1.83. The Hall–Kier alpha value is -2.42. The van der Waals surface area contributed by atoms with E-state index in [9.17, 15) is 5.11 Å². The summed E-state index contributed by atoms with van der Waals surface area (Å²) in [7, 11) is 0. The third-order valence-electron chi connectivity index (χ3n) is 2.50. The monoisotopic (exact) mass is 226 g/mol. The molecule has 0 amide bonds. The van der Waals surface area contributed by atoms with Gasteiger partial charge in [-0.25, -0.2) is 0 Å². The van der Waals surface area contributed by atoms with Crippen molar-refractivity contribution in [1.82, 2.24) is 0 Å². The molecule has 2 aromatic carbocycles. The Morgan fingerprint density at radius 1 is 0.882 bits per heavy atom. The molecule has 17 heavy (non-hydrogen) atoms. The average Bonchev–Trinajstić information content (AvgIpc) is 2.39. The molecule has 0 atom stereocenters. The highest BCUT2D eigenvalue weighted by molar-refractivity contribution is 5.65. The predicted molar refractivity (Wildman–Crippen MR) is 63.8 cm³/mol. The zero-order valence-corrected chi connectivity index (χ0v) is 8.96. The van der Waals surface area contributed by atoms with Gasteiger partial charge in [-0.15, -0.1) is 0 Å². The van der Waals surface area contributed by atoms with Gasteiger partial charge in [-0.1, -0.05) is 30.3 Å². The van der Waals surface area contributed by atoms with Crippen molar-refractivity contribution in [3.63, 3.8) is 0 Å². The van der Waals surface area contributed by atoms with Crippen LogP contribution in [0.3, 0.4) is 0 Å². The molecule has 0 saturated carbocycles. The number of benzene rings is 2. The molecular formula is C14H10O3. The standard InChI is InChI=1S/C14H10O3/c15-11-6-7-12-13(8-11)16-9-14(17-12)10-4-2-1-3-5-10/h1-9,15H. The fourth-order valence-electron chi connectivity index (χ4n) is 1.66. The van der Waals surface area contributed by atoms with Crippen LogP contribution in [0.1, 0.15) is 5.56 Å². The van der Waals surface area contributed by atoms with Gasteiger partial charge in [0.2, 0.25) is 0 Å². The van der Waals surface area contributed by atoms with E-state index in [1.54, 1.807) is 12.1 Å². The maximum Gasteiger partial charge on any atom is 0.172 e. The van der Waals surface area contributed by atoms with Crippen molar-refractivity contribution in [2.24, 2.45) is 0 Å². The maximum absolute atomic E-state index is 9.31. The Morgan fingerprint density at radius 2 is 1.71 bits per heavy atom. The number of phenols is 1. The van der Waals surface area contributed by atoms with Crippen molar-refractivity contribution in [1.29, 1.82) is 0 Å². The number of hydrogen-bond donors (Lipinski definition) is 1. The quantitative estimate of drug-likeness (QED) is 0.811. The van der Waals surface area contributed by atoms with Crippen molar-refractivity contribution in [3.05, 3.63) is 60.4 Å². The normalized spacial score (nSPS) is 13.1. The molecule has 1 heterocycles. The Labute approximate surface area is 98.5 Å². The first-order chi connectivity index (χ1) is 8.33. The lowest BCUT2D eigenvalue weighted by molar-refractivity contribution is 0.378. The van der Waals surface area contributed by atoms with E-state index in [0.29, 0.717) is 17.3 Å². The topological polar surface area (TPSA) is 38.7 Å². The van der Waals surface area contributed by atoms with E-state index in [2.05, 4.69) is 0 Å². The van der Waals surface area contributed by atoms with Crippen molar-refractivity contribution in [3.8, 4) is 17.2 Å². The van der Waals surface area contributed by atoms with Crippen LogP contribution in [0, 0.1) is 0 Å². The minimum atomic E-state index is 0.156. The molecule has 1 aliphatic heterocycles. The van der Waals surface area contributed by atoms with Gasteiger partial charge in [-0.05, 0) is 12.1 Å². The largest absolute Gasteiger partial charge is 0.508 e. The Balaban J connectivity index is 1.95. The molecule has 0 radical (unpaired) electrons. The molecule has 0 fully saturated rings. The van der Waals surface area contributed by atoms with Gasteiger partial charge in [0.25, 0.3) is 0 Å².